The molecule has 1 aromatic carbocycles. The zero-order valence-corrected chi connectivity index (χ0v) is 13.7. The number of nitrogens with one attached hydrogen (secondary N) is 1. The van der Waals surface area contributed by atoms with Crippen LogP contribution in [0.25, 0.3) is 0 Å². The van der Waals surface area contributed by atoms with Crippen molar-refractivity contribution in [1.29, 1.82) is 0 Å². The average molecular weight is 314 g/mol. The summed E-state index contributed by atoms with van der Waals surface area (Å²) in [7, 11) is 1.62. The third-order valence-corrected chi connectivity index (χ3v) is 3.58. The molecule has 0 saturated heterocycles. The first kappa shape index (κ1) is 16.7. The van der Waals surface area contributed by atoms with Crippen LogP contribution in [0.2, 0.25) is 0 Å². The van der Waals surface area contributed by atoms with Crippen molar-refractivity contribution in [3.05, 3.63) is 47.9 Å². The van der Waals surface area contributed by atoms with Gasteiger partial charge in [-0.2, -0.15) is 0 Å². The zero-order valence-electron chi connectivity index (χ0n) is 13.7. The summed E-state index contributed by atoms with van der Waals surface area (Å²) in [6.45, 7) is 6.21. The van der Waals surface area contributed by atoms with Gasteiger partial charge in [-0.05, 0) is 31.5 Å². The molecule has 122 valence electrons. The molecule has 6 nitrogen and oxygen atoms in total. The molecule has 23 heavy (non-hydrogen) atoms. The van der Waals surface area contributed by atoms with E-state index in [9.17, 15) is 4.79 Å². The Bertz CT molecular complexity index is 639. The Morgan fingerprint density at radius 2 is 1.87 bits per heavy atom. The molecule has 0 atom stereocenters. The summed E-state index contributed by atoms with van der Waals surface area (Å²) >= 11 is 0. The van der Waals surface area contributed by atoms with Gasteiger partial charge >= 0.3 is 0 Å². The van der Waals surface area contributed by atoms with Gasteiger partial charge in [-0.1, -0.05) is 12.1 Å². The van der Waals surface area contributed by atoms with Gasteiger partial charge in [0.25, 0.3) is 5.91 Å². The number of aromatic nitrogens is 2. The van der Waals surface area contributed by atoms with E-state index < -0.39 is 0 Å². The van der Waals surface area contributed by atoms with Crippen molar-refractivity contribution in [3.8, 4) is 5.75 Å². The molecule has 1 heterocycles. The van der Waals surface area contributed by atoms with E-state index in [-0.39, 0.29) is 5.91 Å². The number of hydrogen-bond donors (Lipinski definition) is 1. The van der Waals surface area contributed by atoms with Gasteiger partial charge in [-0.3, -0.25) is 4.79 Å². The van der Waals surface area contributed by atoms with E-state index in [1.165, 1.54) is 6.33 Å². The van der Waals surface area contributed by atoms with Crippen LogP contribution in [0.1, 0.15) is 29.9 Å². The fourth-order valence-electron chi connectivity index (χ4n) is 2.21. The summed E-state index contributed by atoms with van der Waals surface area (Å²) < 4.78 is 5.11. The molecule has 0 bridgehead atoms. The molecule has 6 heteroatoms. The molecule has 0 saturated carbocycles. The SMILES string of the molecule is CCN(CC)c1cc(C(=O)NCc2ccc(OC)cc2)ncn1. The topological polar surface area (TPSA) is 67.4 Å². The molecule has 2 aromatic rings. The standard InChI is InChI=1S/C17H22N4O2/c1-4-21(5-2)16-10-15(19-12-20-16)17(22)18-11-13-6-8-14(23-3)9-7-13/h6-10,12H,4-5,11H2,1-3H3,(H,18,22). The highest BCUT2D eigenvalue weighted by Crippen LogP contribution is 2.12. The lowest BCUT2D eigenvalue weighted by Gasteiger charge is -2.19. The third kappa shape index (κ3) is 4.42. The van der Waals surface area contributed by atoms with E-state index in [2.05, 4.69) is 34.0 Å². The zero-order chi connectivity index (χ0) is 16.7. The van der Waals surface area contributed by atoms with Crippen LogP contribution in [-0.4, -0.2) is 36.1 Å². The summed E-state index contributed by atoms with van der Waals surface area (Å²) in [5.74, 6) is 1.34. The number of methoxy groups -OCH3 is 1. The first-order chi connectivity index (χ1) is 11.2. The molecule has 0 aliphatic carbocycles. The number of carbonyl (C=O) groups excluding carboxylic acids is 1. The normalized spacial score (nSPS) is 10.2. The van der Waals surface area contributed by atoms with E-state index >= 15 is 0 Å². The molecule has 1 aromatic heterocycles. The molecule has 0 aliphatic rings. The van der Waals surface area contributed by atoms with E-state index in [4.69, 9.17) is 4.74 Å². The maximum absolute atomic E-state index is 12.2. The van der Waals surface area contributed by atoms with Crippen LogP contribution in [0.4, 0.5) is 5.82 Å². The number of carbonyl (C=O) groups is 1. The second-order valence-electron chi connectivity index (χ2n) is 4.96. The monoisotopic (exact) mass is 314 g/mol. The van der Waals surface area contributed by atoms with Crippen LogP contribution in [0.3, 0.4) is 0 Å². The van der Waals surface area contributed by atoms with Crippen molar-refractivity contribution >= 4 is 11.7 Å². The molecule has 0 unspecified atom stereocenters. The van der Waals surface area contributed by atoms with Crippen LogP contribution >= 0.6 is 0 Å². The van der Waals surface area contributed by atoms with Crippen molar-refractivity contribution in [3.63, 3.8) is 0 Å². The van der Waals surface area contributed by atoms with E-state index in [0.29, 0.717) is 12.2 Å². The minimum Gasteiger partial charge on any atom is -0.497 e. The summed E-state index contributed by atoms with van der Waals surface area (Å²) in [6, 6.07) is 9.28. The highest BCUT2D eigenvalue weighted by atomic mass is 16.5. The van der Waals surface area contributed by atoms with Crippen LogP contribution < -0.4 is 15.0 Å². The fourth-order valence-corrected chi connectivity index (χ4v) is 2.21. The summed E-state index contributed by atoms with van der Waals surface area (Å²) in [5.41, 5.74) is 1.37. The van der Waals surface area contributed by atoms with Gasteiger partial charge in [0.1, 0.15) is 23.6 Å². The molecule has 0 aliphatic heterocycles. The number of benzene rings is 1. The molecular weight excluding hydrogens is 292 g/mol. The number of hydrogen-bond acceptors (Lipinski definition) is 5. The van der Waals surface area contributed by atoms with Gasteiger partial charge < -0.3 is 15.0 Å². The molecule has 0 radical (unpaired) electrons. The molecule has 2 rings (SSSR count). The highest BCUT2D eigenvalue weighted by molar-refractivity contribution is 5.92. The van der Waals surface area contributed by atoms with Gasteiger partial charge in [-0.25, -0.2) is 9.97 Å². The second kappa shape index (κ2) is 8.12. The predicted molar refractivity (Wildman–Crippen MR) is 89.8 cm³/mol. The summed E-state index contributed by atoms with van der Waals surface area (Å²) in [4.78, 5) is 22.6. The number of nitrogens with zero attached hydrogens (tertiary/aromatic N) is 3. The van der Waals surface area contributed by atoms with Crippen molar-refractivity contribution in [2.24, 2.45) is 0 Å². The largest absolute Gasteiger partial charge is 0.497 e. The minimum atomic E-state index is -0.211. The number of rotatable bonds is 7. The summed E-state index contributed by atoms with van der Waals surface area (Å²) in [6.07, 6.45) is 1.43. The molecule has 0 spiro atoms. The van der Waals surface area contributed by atoms with Crippen LogP contribution in [0, 0.1) is 0 Å². The summed E-state index contributed by atoms with van der Waals surface area (Å²) in [5, 5.41) is 2.87. The van der Waals surface area contributed by atoms with Gasteiger partial charge in [0.05, 0.1) is 7.11 Å². The Labute approximate surface area is 136 Å². The third-order valence-electron chi connectivity index (χ3n) is 3.58. The van der Waals surface area contributed by atoms with Gasteiger partial charge in [-0.15, -0.1) is 0 Å². The quantitative estimate of drug-likeness (QED) is 0.849. The van der Waals surface area contributed by atoms with Crippen LogP contribution in [-0.2, 0) is 6.54 Å². The molecule has 1 amide bonds. The van der Waals surface area contributed by atoms with Crippen molar-refractivity contribution in [2.75, 3.05) is 25.1 Å². The lowest BCUT2D eigenvalue weighted by atomic mass is 10.2. The number of ether oxygens (including phenoxy) is 1. The average Bonchev–Trinajstić information content (AvgIpc) is 2.61. The Kier molecular flexibility index (Phi) is 5.91. The fraction of sp³-hybridized carbons (Fsp3) is 0.353. The first-order valence-electron chi connectivity index (χ1n) is 7.66. The molecule has 0 fully saturated rings. The Hall–Kier alpha value is -2.63. The Balaban J connectivity index is 2.01. The van der Waals surface area contributed by atoms with Crippen LogP contribution in [0.5, 0.6) is 5.75 Å². The van der Waals surface area contributed by atoms with Gasteiger partial charge in [0, 0.05) is 25.7 Å². The first-order valence-corrected chi connectivity index (χ1v) is 7.66. The van der Waals surface area contributed by atoms with Crippen molar-refractivity contribution in [1.82, 2.24) is 15.3 Å². The number of anilines is 1. The van der Waals surface area contributed by atoms with Gasteiger partial charge in [0.2, 0.25) is 0 Å². The molecule has 1 N–H and O–H groups in total. The predicted octanol–water partition coefficient (Wildman–Crippen LogP) is 2.26. The molecular formula is C17H22N4O2. The van der Waals surface area contributed by atoms with E-state index in [0.717, 1.165) is 30.2 Å². The van der Waals surface area contributed by atoms with Crippen molar-refractivity contribution in [2.45, 2.75) is 20.4 Å². The maximum atomic E-state index is 12.2. The van der Waals surface area contributed by atoms with E-state index in [1.807, 2.05) is 24.3 Å². The smallest absolute Gasteiger partial charge is 0.270 e. The lowest BCUT2D eigenvalue weighted by molar-refractivity contribution is 0.0945. The minimum absolute atomic E-state index is 0.211. The lowest BCUT2D eigenvalue weighted by Crippen LogP contribution is -2.26. The van der Waals surface area contributed by atoms with Gasteiger partial charge in [0.15, 0.2) is 0 Å². The van der Waals surface area contributed by atoms with Crippen molar-refractivity contribution < 1.29 is 9.53 Å². The Morgan fingerprint density at radius 1 is 1.17 bits per heavy atom. The number of amides is 1. The second-order valence-corrected chi connectivity index (χ2v) is 4.96. The van der Waals surface area contributed by atoms with Crippen LogP contribution in [0.15, 0.2) is 36.7 Å². The Morgan fingerprint density at radius 3 is 2.48 bits per heavy atom. The highest BCUT2D eigenvalue weighted by Gasteiger charge is 2.11. The maximum Gasteiger partial charge on any atom is 0.270 e. The van der Waals surface area contributed by atoms with E-state index in [1.54, 1.807) is 13.2 Å².